The number of aryl methyl sites for hydroxylation is 1. The van der Waals surface area contributed by atoms with Crippen LogP contribution in [0.4, 0.5) is 11.4 Å². The van der Waals surface area contributed by atoms with E-state index in [2.05, 4.69) is 25.6 Å². The molecule has 7 nitrogen and oxygen atoms in total. The molecular formula is C20H20N6O. The number of hydrogen-bond acceptors (Lipinski definition) is 5. The fraction of sp³-hybridized carbons (Fsp3) is 0.200. The van der Waals surface area contributed by atoms with Gasteiger partial charge < -0.3 is 5.32 Å². The lowest BCUT2D eigenvalue weighted by atomic mass is 10.1. The van der Waals surface area contributed by atoms with E-state index < -0.39 is 0 Å². The molecule has 0 atom stereocenters. The van der Waals surface area contributed by atoms with Gasteiger partial charge in [0.2, 0.25) is 0 Å². The maximum absolute atomic E-state index is 12.5. The third-order valence-corrected chi connectivity index (χ3v) is 4.40. The smallest absolute Gasteiger partial charge is 0.255 e. The number of aromatic nitrogens is 3. The third-order valence-electron chi connectivity index (χ3n) is 4.40. The number of amides is 1. The molecule has 2 heterocycles. The van der Waals surface area contributed by atoms with Gasteiger partial charge in [0.15, 0.2) is 5.82 Å². The Morgan fingerprint density at radius 2 is 1.81 bits per heavy atom. The number of benzene rings is 2. The molecule has 0 fully saturated rings. The lowest BCUT2D eigenvalue weighted by Crippen LogP contribution is -2.14. The van der Waals surface area contributed by atoms with Crippen molar-refractivity contribution in [2.24, 2.45) is 5.10 Å². The minimum absolute atomic E-state index is 0.149. The highest BCUT2D eigenvalue weighted by Gasteiger charge is 2.14. The van der Waals surface area contributed by atoms with Gasteiger partial charge in [0, 0.05) is 35.5 Å². The van der Waals surface area contributed by atoms with Gasteiger partial charge in [-0.3, -0.25) is 14.9 Å². The molecule has 0 spiro atoms. The molecule has 0 bridgehead atoms. The van der Waals surface area contributed by atoms with Crippen molar-refractivity contribution in [1.82, 2.24) is 15.2 Å². The summed E-state index contributed by atoms with van der Waals surface area (Å²) in [6.45, 7) is 4.76. The Hall–Kier alpha value is -3.48. The summed E-state index contributed by atoms with van der Waals surface area (Å²) < 4.78 is 0. The second-order valence-electron chi connectivity index (χ2n) is 6.53. The summed E-state index contributed by atoms with van der Waals surface area (Å²) >= 11 is 0. The summed E-state index contributed by atoms with van der Waals surface area (Å²) in [6.07, 6.45) is 0.978. The van der Waals surface area contributed by atoms with Crippen LogP contribution in [0.5, 0.6) is 0 Å². The van der Waals surface area contributed by atoms with Crippen molar-refractivity contribution >= 4 is 23.0 Å². The van der Waals surface area contributed by atoms with Crippen molar-refractivity contribution in [3.8, 4) is 11.4 Å². The fourth-order valence-corrected chi connectivity index (χ4v) is 2.92. The summed E-state index contributed by atoms with van der Waals surface area (Å²) in [6, 6.07) is 14.9. The van der Waals surface area contributed by atoms with Crippen molar-refractivity contribution < 1.29 is 4.79 Å². The van der Waals surface area contributed by atoms with Gasteiger partial charge in [-0.05, 0) is 62.4 Å². The average molecular weight is 360 g/mol. The molecule has 1 aromatic heterocycles. The molecule has 1 aliphatic rings. The van der Waals surface area contributed by atoms with Crippen molar-refractivity contribution in [2.45, 2.75) is 20.3 Å². The van der Waals surface area contributed by atoms with Crippen molar-refractivity contribution in [2.75, 3.05) is 16.9 Å². The predicted molar refractivity (Wildman–Crippen MR) is 106 cm³/mol. The standard InChI is InChI=1S/C20H20N6O/c1-13-11-12-26(25-13)18-9-5-16(6-10-18)20(27)22-17-7-3-15(4-8-17)19-21-14(2)23-24-19/h3-10H,11-12H2,1-2H3,(H,22,27)(H,21,23,24). The molecule has 1 aliphatic heterocycles. The largest absolute Gasteiger partial charge is 0.322 e. The zero-order valence-corrected chi connectivity index (χ0v) is 15.2. The number of nitrogens with zero attached hydrogens (tertiary/aromatic N) is 4. The molecule has 136 valence electrons. The van der Waals surface area contributed by atoms with Gasteiger partial charge in [-0.1, -0.05) is 0 Å². The second kappa shape index (κ2) is 7.03. The Morgan fingerprint density at radius 3 is 2.41 bits per heavy atom. The van der Waals surface area contributed by atoms with Crippen LogP contribution in [0.3, 0.4) is 0 Å². The lowest BCUT2D eigenvalue weighted by molar-refractivity contribution is 0.102. The van der Waals surface area contributed by atoms with Crippen LogP contribution in [0.1, 0.15) is 29.5 Å². The van der Waals surface area contributed by atoms with Gasteiger partial charge in [-0.15, -0.1) is 0 Å². The van der Waals surface area contributed by atoms with E-state index in [0.29, 0.717) is 11.4 Å². The fourth-order valence-electron chi connectivity index (χ4n) is 2.92. The molecular weight excluding hydrogens is 340 g/mol. The van der Waals surface area contributed by atoms with Crippen LogP contribution in [-0.4, -0.2) is 33.3 Å². The van der Waals surface area contributed by atoms with Gasteiger partial charge in [-0.2, -0.15) is 10.2 Å². The molecule has 0 aliphatic carbocycles. The number of hydrogen-bond donors (Lipinski definition) is 2. The van der Waals surface area contributed by atoms with Crippen molar-refractivity contribution in [3.05, 3.63) is 59.9 Å². The first-order valence-electron chi connectivity index (χ1n) is 8.81. The van der Waals surface area contributed by atoms with E-state index in [1.54, 1.807) is 0 Å². The highest BCUT2D eigenvalue weighted by atomic mass is 16.1. The highest BCUT2D eigenvalue weighted by Crippen LogP contribution is 2.21. The monoisotopic (exact) mass is 360 g/mol. The highest BCUT2D eigenvalue weighted by molar-refractivity contribution is 6.04. The summed E-state index contributed by atoms with van der Waals surface area (Å²) in [5.74, 6) is 1.26. The zero-order valence-electron chi connectivity index (χ0n) is 15.2. The minimum Gasteiger partial charge on any atom is -0.322 e. The topological polar surface area (TPSA) is 86.3 Å². The van der Waals surface area contributed by atoms with Crippen LogP contribution in [0.15, 0.2) is 53.6 Å². The van der Waals surface area contributed by atoms with Crippen molar-refractivity contribution in [1.29, 1.82) is 0 Å². The molecule has 0 unspecified atom stereocenters. The van der Waals surface area contributed by atoms with Gasteiger partial charge >= 0.3 is 0 Å². The molecule has 1 amide bonds. The Morgan fingerprint density at radius 1 is 1.07 bits per heavy atom. The number of anilines is 2. The van der Waals surface area contributed by atoms with E-state index in [-0.39, 0.29) is 5.91 Å². The second-order valence-corrected chi connectivity index (χ2v) is 6.53. The quantitative estimate of drug-likeness (QED) is 0.744. The summed E-state index contributed by atoms with van der Waals surface area (Å²) in [5, 5.41) is 16.3. The lowest BCUT2D eigenvalue weighted by Gasteiger charge is -2.14. The number of nitrogens with one attached hydrogen (secondary N) is 2. The van der Waals surface area contributed by atoms with Crippen LogP contribution in [-0.2, 0) is 0 Å². The van der Waals surface area contributed by atoms with E-state index in [0.717, 1.165) is 41.4 Å². The Labute approximate surface area is 157 Å². The molecule has 0 radical (unpaired) electrons. The molecule has 0 saturated heterocycles. The van der Waals surface area contributed by atoms with Crippen molar-refractivity contribution in [3.63, 3.8) is 0 Å². The molecule has 3 aromatic rings. The first-order chi connectivity index (χ1) is 13.1. The molecule has 2 N–H and O–H groups in total. The average Bonchev–Trinajstić information content (AvgIpc) is 3.31. The third kappa shape index (κ3) is 3.72. The zero-order chi connectivity index (χ0) is 18.8. The SMILES string of the molecule is CC1=NN(c2ccc(C(=O)Nc3ccc(-c4n[nH]c(C)n4)cc3)cc2)CC1. The van der Waals surface area contributed by atoms with E-state index in [4.69, 9.17) is 0 Å². The number of rotatable bonds is 4. The maximum atomic E-state index is 12.5. The molecule has 0 saturated carbocycles. The maximum Gasteiger partial charge on any atom is 0.255 e. The number of H-pyrrole nitrogens is 1. The summed E-state index contributed by atoms with van der Waals surface area (Å²) in [4.78, 5) is 16.8. The summed E-state index contributed by atoms with van der Waals surface area (Å²) in [5.41, 5.74) is 4.34. The predicted octanol–water partition coefficient (Wildman–Crippen LogP) is 3.62. The molecule has 4 rings (SSSR count). The van der Waals surface area contributed by atoms with Crippen LogP contribution < -0.4 is 10.3 Å². The van der Waals surface area contributed by atoms with Gasteiger partial charge in [-0.25, -0.2) is 4.98 Å². The first kappa shape index (κ1) is 17.0. The number of aromatic amines is 1. The van der Waals surface area contributed by atoms with E-state index >= 15 is 0 Å². The molecule has 2 aromatic carbocycles. The summed E-state index contributed by atoms with van der Waals surface area (Å²) in [7, 11) is 0. The number of carbonyl (C=O) groups is 1. The van der Waals surface area contributed by atoms with Crippen LogP contribution in [0, 0.1) is 6.92 Å². The van der Waals surface area contributed by atoms with Crippen LogP contribution in [0.25, 0.3) is 11.4 Å². The Balaban J connectivity index is 1.43. The first-order valence-corrected chi connectivity index (χ1v) is 8.81. The van der Waals surface area contributed by atoms with Crippen LogP contribution in [0.2, 0.25) is 0 Å². The van der Waals surface area contributed by atoms with E-state index in [1.165, 1.54) is 0 Å². The molecule has 7 heteroatoms. The minimum atomic E-state index is -0.149. The number of carbonyl (C=O) groups excluding carboxylic acids is 1. The van der Waals surface area contributed by atoms with Gasteiger partial charge in [0.05, 0.1) is 5.69 Å². The normalized spacial score (nSPS) is 13.6. The van der Waals surface area contributed by atoms with E-state index in [1.807, 2.05) is 67.4 Å². The Kier molecular flexibility index (Phi) is 4.42. The number of hydrazone groups is 1. The molecule has 27 heavy (non-hydrogen) atoms. The Bertz CT molecular complexity index is 988. The van der Waals surface area contributed by atoms with E-state index in [9.17, 15) is 4.79 Å². The van der Waals surface area contributed by atoms with Crippen LogP contribution >= 0.6 is 0 Å². The van der Waals surface area contributed by atoms with Gasteiger partial charge in [0.1, 0.15) is 5.82 Å². The van der Waals surface area contributed by atoms with Gasteiger partial charge in [0.25, 0.3) is 5.91 Å².